The number of carbonyl (C=O) groups is 1. The summed E-state index contributed by atoms with van der Waals surface area (Å²) in [4.78, 5) is 10.9. The van der Waals surface area contributed by atoms with Crippen molar-refractivity contribution in [1.82, 2.24) is 0 Å². The van der Waals surface area contributed by atoms with E-state index in [4.69, 9.17) is 4.74 Å². The number of hydrogen-bond donors (Lipinski definition) is 0. The first kappa shape index (κ1) is 14.9. The van der Waals surface area contributed by atoms with E-state index in [1.165, 1.54) is 7.11 Å². The third-order valence-corrected chi connectivity index (χ3v) is 2.58. The molecule has 3 nitrogen and oxygen atoms in total. The zero-order valence-electron chi connectivity index (χ0n) is 9.20. The van der Waals surface area contributed by atoms with Crippen LogP contribution in [0.15, 0.2) is 24.8 Å². The summed E-state index contributed by atoms with van der Waals surface area (Å²) < 4.78 is 10.3. The Kier molecular flexibility index (Phi) is 6.74. The highest BCUT2D eigenvalue weighted by atomic mass is 16.5. The van der Waals surface area contributed by atoms with E-state index in [1.54, 1.807) is 0 Å². The van der Waals surface area contributed by atoms with Crippen molar-refractivity contribution < 1.29 is 14.3 Å². The second-order valence-corrected chi connectivity index (χ2v) is 3.75. The SMILES string of the molecule is C.C=CC[C@@H]1O[C@@H](CCC(=O)OC)CC1=C. The molecule has 0 N–H and O–H groups in total. The molecule has 3 heteroatoms. The molecule has 92 valence electrons. The first-order chi connectivity index (χ1) is 7.17. The Morgan fingerprint density at radius 1 is 1.69 bits per heavy atom. The highest BCUT2D eigenvalue weighted by molar-refractivity contribution is 5.69. The van der Waals surface area contributed by atoms with E-state index in [0.717, 1.165) is 18.4 Å². The molecule has 1 aliphatic heterocycles. The maximum atomic E-state index is 10.9. The Labute approximate surface area is 98.1 Å². The van der Waals surface area contributed by atoms with Gasteiger partial charge in [0.1, 0.15) is 0 Å². The molecule has 0 bridgehead atoms. The summed E-state index contributed by atoms with van der Waals surface area (Å²) >= 11 is 0. The lowest BCUT2D eigenvalue weighted by Gasteiger charge is -2.11. The van der Waals surface area contributed by atoms with Gasteiger partial charge in [0.2, 0.25) is 0 Å². The van der Waals surface area contributed by atoms with E-state index >= 15 is 0 Å². The minimum Gasteiger partial charge on any atom is -0.469 e. The van der Waals surface area contributed by atoms with Gasteiger partial charge in [-0.1, -0.05) is 20.1 Å². The van der Waals surface area contributed by atoms with Gasteiger partial charge in [0.15, 0.2) is 0 Å². The van der Waals surface area contributed by atoms with Gasteiger partial charge in [-0.3, -0.25) is 4.79 Å². The number of ether oxygens (including phenoxy) is 2. The fourth-order valence-electron chi connectivity index (χ4n) is 1.73. The van der Waals surface area contributed by atoms with Crippen LogP contribution >= 0.6 is 0 Å². The van der Waals surface area contributed by atoms with E-state index in [-0.39, 0.29) is 25.6 Å². The minimum atomic E-state index is -0.184. The topological polar surface area (TPSA) is 35.5 Å². The Balaban J connectivity index is 0.00000225. The van der Waals surface area contributed by atoms with Gasteiger partial charge in [-0.2, -0.15) is 0 Å². The van der Waals surface area contributed by atoms with Crippen molar-refractivity contribution >= 4 is 5.97 Å². The van der Waals surface area contributed by atoms with Crippen LogP contribution in [0.5, 0.6) is 0 Å². The third-order valence-electron chi connectivity index (χ3n) is 2.58. The summed E-state index contributed by atoms with van der Waals surface area (Å²) in [5.41, 5.74) is 1.10. The van der Waals surface area contributed by atoms with Crippen molar-refractivity contribution in [1.29, 1.82) is 0 Å². The Hall–Kier alpha value is -1.09. The van der Waals surface area contributed by atoms with Crippen molar-refractivity contribution in [2.45, 2.75) is 45.3 Å². The average molecular weight is 226 g/mol. The normalized spacial score (nSPS) is 23.7. The number of hydrogen-bond acceptors (Lipinski definition) is 3. The average Bonchev–Trinajstić information content (AvgIpc) is 2.57. The summed E-state index contributed by atoms with van der Waals surface area (Å²) in [5.74, 6) is -0.184. The third kappa shape index (κ3) is 4.19. The largest absolute Gasteiger partial charge is 0.469 e. The smallest absolute Gasteiger partial charge is 0.305 e. The summed E-state index contributed by atoms with van der Waals surface area (Å²) in [6, 6.07) is 0. The maximum Gasteiger partial charge on any atom is 0.305 e. The molecule has 0 aromatic heterocycles. The van der Waals surface area contributed by atoms with E-state index in [1.807, 2.05) is 6.08 Å². The molecule has 1 aliphatic rings. The standard InChI is InChI=1S/C12H18O3.CH4/c1-4-5-11-9(2)8-10(15-11)6-7-12(13)14-3;/h4,10-11H,1-2,5-8H2,3H3;1H4/t10-,11-;/m0./s1. The van der Waals surface area contributed by atoms with Crippen LogP contribution in [0.3, 0.4) is 0 Å². The van der Waals surface area contributed by atoms with Gasteiger partial charge in [-0.25, -0.2) is 0 Å². The lowest BCUT2D eigenvalue weighted by Crippen LogP contribution is -2.12. The number of methoxy groups -OCH3 is 1. The molecule has 1 saturated heterocycles. The van der Waals surface area contributed by atoms with Crippen molar-refractivity contribution in [2.75, 3.05) is 7.11 Å². The second kappa shape index (κ2) is 7.23. The molecule has 0 aromatic rings. The van der Waals surface area contributed by atoms with E-state index in [9.17, 15) is 4.79 Å². The molecule has 2 atom stereocenters. The predicted molar refractivity (Wildman–Crippen MR) is 65.2 cm³/mol. The highest BCUT2D eigenvalue weighted by Crippen LogP contribution is 2.29. The van der Waals surface area contributed by atoms with Gasteiger partial charge >= 0.3 is 5.97 Å². The van der Waals surface area contributed by atoms with Crippen LogP contribution in [0.2, 0.25) is 0 Å². The first-order valence-electron chi connectivity index (χ1n) is 5.18. The molecule has 1 rings (SSSR count). The number of rotatable bonds is 5. The lowest BCUT2D eigenvalue weighted by atomic mass is 10.0. The molecule has 0 amide bonds. The molecular formula is C13H22O3. The number of carbonyl (C=O) groups excluding carboxylic acids is 1. The van der Waals surface area contributed by atoms with Gasteiger partial charge in [-0.05, 0) is 24.8 Å². The monoisotopic (exact) mass is 226 g/mol. The van der Waals surface area contributed by atoms with Gasteiger partial charge in [0, 0.05) is 6.42 Å². The minimum absolute atomic E-state index is 0. The summed E-state index contributed by atoms with van der Waals surface area (Å²) in [5, 5.41) is 0. The molecule has 0 radical (unpaired) electrons. The zero-order valence-corrected chi connectivity index (χ0v) is 9.20. The molecule has 0 spiro atoms. The molecule has 0 aromatic carbocycles. The van der Waals surface area contributed by atoms with Crippen molar-refractivity contribution in [3.8, 4) is 0 Å². The van der Waals surface area contributed by atoms with Crippen LogP contribution in [-0.4, -0.2) is 25.3 Å². The Bertz CT molecular complexity index is 258. The van der Waals surface area contributed by atoms with Crippen LogP contribution in [0.1, 0.15) is 33.1 Å². The molecule has 0 unspecified atom stereocenters. The van der Waals surface area contributed by atoms with Crippen LogP contribution in [0.25, 0.3) is 0 Å². The molecule has 1 heterocycles. The Morgan fingerprint density at radius 2 is 2.38 bits per heavy atom. The second-order valence-electron chi connectivity index (χ2n) is 3.75. The van der Waals surface area contributed by atoms with Gasteiger partial charge in [0.05, 0.1) is 19.3 Å². The Morgan fingerprint density at radius 3 is 2.94 bits per heavy atom. The molecule has 16 heavy (non-hydrogen) atoms. The molecule has 0 saturated carbocycles. The summed E-state index contributed by atoms with van der Waals surface area (Å²) in [6.45, 7) is 7.64. The van der Waals surface area contributed by atoms with Crippen LogP contribution in [0.4, 0.5) is 0 Å². The van der Waals surface area contributed by atoms with Crippen molar-refractivity contribution in [2.24, 2.45) is 0 Å². The van der Waals surface area contributed by atoms with Gasteiger partial charge in [0.25, 0.3) is 0 Å². The van der Waals surface area contributed by atoms with E-state index in [0.29, 0.717) is 12.8 Å². The zero-order chi connectivity index (χ0) is 11.3. The van der Waals surface area contributed by atoms with Crippen LogP contribution < -0.4 is 0 Å². The molecule has 0 aliphatic carbocycles. The number of esters is 1. The highest BCUT2D eigenvalue weighted by Gasteiger charge is 2.27. The van der Waals surface area contributed by atoms with Gasteiger partial charge < -0.3 is 9.47 Å². The maximum absolute atomic E-state index is 10.9. The summed E-state index contributed by atoms with van der Waals surface area (Å²) in [6.07, 6.45) is 4.79. The van der Waals surface area contributed by atoms with Crippen molar-refractivity contribution in [3.63, 3.8) is 0 Å². The lowest BCUT2D eigenvalue weighted by molar-refractivity contribution is -0.141. The van der Waals surface area contributed by atoms with Crippen LogP contribution in [-0.2, 0) is 14.3 Å². The van der Waals surface area contributed by atoms with Crippen molar-refractivity contribution in [3.05, 3.63) is 24.8 Å². The quantitative estimate of drug-likeness (QED) is 0.534. The predicted octanol–water partition coefficient (Wildman–Crippen LogP) is 2.87. The fourth-order valence-corrected chi connectivity index (χ4v) is 1.73. The van der Waals surface area contributed by atoms with Crippen LogP contribution in [0, 0.1) is 0 Å². The first-order valence-corrected chi connectivity index (χ1v) is 5.18. The van der Waals surface area contributed by atoms with E-state index < -0.39 is 0 Å². The molecule has 1 fully saturated rings. The summed E-state index contributed by atoms with van der Waals surface area (Å²) in [7, 11) is 1.40. The van der Waals surface area contributed by atoms with Gasteiger partial charge in [-0.15, -0.1) is 6.58 Å². The fraction of sp³-hybridized carbons (Fsp3) is 0.615. The molecular weight excluding hydrogens is 204 g/mol. The van der Waals surface area contributed by atoms with E-state index in [2.05, 4.69) is 17.9 Å².